The van der Waals surface area contributed by atoms with Crippen molar-refractivity contribution in [1.82, 2.24) is 4.90 Å². The first kappa shape index (κ1) is 13.9. The lowest BCUT2D eigenvalue weighted by molar-refractivity contribution is -0.135. The van der Waals surface area contributed by atoms with Crippen LogP contribution >= 0.6 is 0 Å². The summed E-state index contributed by atoms with van der Waals surface area (Å²) in [7, 11) is 1.74. The van der Waals surface area contributed by atoms with Crippen LogP contribution in [0.25, 0.3) is 0 Å². The Hall–Kier alpha value is -1.08. The molecule has 0 aromatic heterocycles. The van der Waals surface area contributed by atoms with E-state index in [-0.39, 0.29) is 17.9 Å². The van der Waals surface area contributed by atoms with E-state index < -0.39 is 0 Å². The van der Waals surface area contributed by atoms with E-state index in [1.165, 1.54) is 0 Å². The minimum Gasteiger partial charge on any atom is -0.342 e. The van der Waals surface area contributed by atoms with Gasteiger partial charge in [0.1, 0.15) is 0 Å². The quantitative estimate of drug-likeness (QED) is 0.715. The lowest BCUT2D eigenvalue weighted by Crippen LogP contribution is -2.41. The van der Waals surface area contributed by atoms with E-state index in [1.54, 1.807) is 11.9 Å². The van der Waals surface area contributed by atoms with Gasteiger partial charge in [-0.2, -0.15) is 5.26 Å². The molecule has 0 aliphatic heterocycles. The second kappa shape index (κ2) is 7.24. The van der Waals surface area contributed by atoms with Gasteiger partial charge < -0.3 is 10.6 Å². The first-order valence-corrected chi connectivity index (χ1v) is 5.42. The molecule has 4 nitrogen and oxygen atoms in total. The van der Waals surface area contributed by atoms with Crippen LogP contribution in [0.15, 0.2) is 0 Å². The molecule has 0 aliphatic rings. The second-order valence-electron chi connectivity index (χ2n) is 3.88. The maximum atomic E-state index is 11.9. The Balaban J connectivity index is 4.34. The number of carbonyl (C=O) groups excluding carboxylic acids is 1. The number of nitrogens with zero attached hydrogens (tertiary/aromatic N) is 2. The van der Waals surface area contributed by atoms with Crippen LogP contribution in [0.4, 0.5) is 0 Å². The van der Waals surface area contributed by atoms with Crippen molar-refractivity contribution in [1.29, 1.82) is 5.26 Å². The maximum Gasteiger partial charge on any atom is 0.226 e. The summed E-state index contributed by atoms with van der Waals surface area (Å²) < 4.78 is 0. The molecule has 0 spiro atoms. The van der Waals surface area contributed by atoms with E-state index in [4.69, 9.17) is 11.0 Å². The summed E-state index contributed by atoms with van der Waals surface area (Å²) in [5.74, 6) is -0.0387. The molecule has 0 aromatic rings. The zero-order chi connectivity index (χ0) is 11.8. The molecular weight excluding hydrogens is 190 g/mol. The van der Waals surface area contributed by atoms with Crippen molar-refractivity contribution in [3.05, 3.63) is 0 Å². The van der Waals surface area contributed by atoms with E-state index in [0.29, 0.717) is 13.0 Å². The van der Waals surface area contributed by atoms with E-state index in [1.807, 2.05) is 13.8 Å². The Morgan fingerprint density at radius 2 is 2.20 bits per heavy atom. The summed E-state index contributed by atoms with van der Waals surface area (Å²) >= 11 is 0. The molecule has 0 aliphatic carbocycles. The third-order valence-corrected chi connectivity index (χ3v) is 2.67. The average Bonchev–Trinajstić information content (AvgIpc) is 2.24. The predicted octanol–water partition coefficient (Wildman–Crippen LogP) is 1.12. The summed E-state index contributed by atoms with van der Waals surface area (Å²) in [4.78, 5) is 13.6. The summed E-state index contributed by atoms with van der Waals surface area (Å²) in [6.45, 7) is 4.30. The number of carbonyl (C=O) groups is 1. The third kappa shape index (κ3) is 4.30. The summed E-state index contributed by atoms with van der Waals surface area (Å²) in [5, 5.41) is 8.55. The van der Waals surface area contributed by atoms with Crippen molar-refractivity contribution in [2.24, 2.45) is 11.7 Å². The van der Waals surface area contributed by atoms with Crippen LogP contribution in [-0.4, -0.2) is 30.4 Å². The monoisotopic (exact) mass is 211 g/mol. The van der Waals surface area contributed by atoms with Crippen LogP contribution in [0.5, 0.6) is 0 Å². The van der Waals surface area contributed by atoms with Crippen molar-refractivity contribution in [3.63, 3.8) is 0 Å². The van der Waals surface area contributed by atoms with Crippen molar-refractivity contribution in [3.8, 4) is 6.07 Å². The summed E-state index contributed by atoms with van der Waals surface area (Å²) in [6.07, 6.45) is 2.14. The molecule has 0 aromatic carbocycles. The molecule has 1 amide bonds. The number of rotatable bonds is 6. The van der Waals surface area contributed by atoms with Gasteiger partial charge >= 0.3 is 0 Å². The molecule has 0 fully saturated rings. The highest BCUT2D eigenvalue weighted by molar-refractivity contribution is 5.79. The Morgan fingerprint density at radius 1 is 1.60 bits per heavy atom. The molecule has 0 saturated carbocycles. The standard InChI is InChI=1S/C11H21N3O/c1-4-5-10(8-13)11(15)14(3)9(2)6-7-12/h9-10H,4-6,8,13H2,1-3H3. The van der Waals surface area contributed by atoms with Gasteiger partial charge in [-0.15, -0.1) is 0 Å². The third-order valence-electron chi connectivity index (χ3n) is 2.67. The van der Waals surface area contributed by atoms with Crippen LogP contribution in [-0.2, 0) is 4.79 Å². The van der Waals surface area contributed by atoms with Crippen molar-refractivity contribution < 1.29 is 4.79 Å². The number of nitriles is 1. The van der Waals surface area contributed by atoms with Gasteiger partial charge in [0.25, 0.3) is 0 Å². The molecule has 4 heteroatoms. The number of amides is 1. The van der Waals surface area contributed by atoms with E-state index in [2.05, 4.69) is 6.07 Å². The van der Waals surface area contributed by atoms with Gasteiger partial charge in [0.2, 0.25) is 5.91 Å². The van der Waals surface area contributed by atoms with Crippen LogP contribution in [0.2, 0.25) is 0 Å². The van der Waals surface area contributed by atoms with Crippen LogP contribution in [0, 0.1) is 17.2 Å². The molecule has 0 bridgehead atoms. The molecule has 2 atom stereocenters. The highest BCUT2D eigenvalue weighted by Crippen LogP contribution is 2.11. The average molecular weight is 211 g/mol. The molecule has 0 heterocycles. The molecule has 86 valence electrons. The fraction of sp³-hybridized carbons (Fsp3) is 0.818. The Kier molecular flexibility index (Phi) is 6.72. The number of nitrogens with two attached hydrogens (primary N) is 1. The molecule has 2 unspecified atom stereocenters. The molecule has 2 N–H and O–H groups in total. The van der Waals surface area contributed by atoms with Crippen LogP contribution in [0.3, 0.4) is 0 Å². The molecule has 15 heavy (non-hydrogen) atoms. The first-order valence-electron chi connectivity index (χ1n) is 5.42. The highest BCUT2D eigenvalue weighted by Gasteiger charge is 2.22. The summed E-state index contributed by atoms with van der Waals surface area (Å²) in [5.41, 5.74) is 5.56. The normalized spacial score (nSPS) is 14.1. The van der Waals surface area contributed by atoms with Gasteiger partial charge in [-0.3, -0.25) is 4.79 Å². The highest BCUT2D eigenvalue weighted by atomic mass is 16.2. The smallest absolute Gasteiger partial charge is 0.226 e. The minimum atomic E-state index is -0.0962. The molecular formula is C11H21N3O. The molecule has 0 rings (SSSR count). The van der Waals surface area contributed by atoms with Gasteiger partial charge in [-0.1, -0.05) is 13.3 Å². The SMILES string of the molecule is CCCC(CN)C(=O)N(C)C(C)CC#N. The Morgan fingerprint density at radius 3 is 2.60 bits per heavy atom. The van der Waals surface area contributed by atoms with E-state index >= 15 is 0 Å². The summed E-state index contributed by atoms with van der Waals surface area (Å²) in [6, 6.07) is 2.03. The molecule has 0 radical (unpaired) electrons. The van der Waals surface area contributed by atoms with Gasteiger partial charge in [0.15, 0.2) is 0 Å². The van der Waals surface area contributed by atoms with E-state index in [0.717, 1.165) is 12.8 Å². The second-order valence-corrected chi connectivity index (χ2v) is 3.88. The first-order chi connectivity index (χ1) is 7.08. The maximum absolute atomic E-state index is 11.9. The minimum absolute atomic E-state index is 0.0339. The lowest BCUT2D eigenvalue weighted by atomic mass is 10.0. The van der Waals surface area contributed by atoms with Gasteiger partial charge in [-0.25, -0.2) is 0 Å². The zero-order valence-electron chi connectivity index (χ0n) is 9.86. The predicted molar refractivity (Wildman–Crippen MR) is 59.9 cm³/mol. The number of hydrogen-bond acceptors (Lipinski definition) is 3. The van der Waals surface area contributed by atoms with E-state index in [9.17, 15) is 4.79 Å². The van der Waals surface area contributed by atoms with Gasteiger partial charge in [0, 0.05) is 19.6 Å². The lowest BCUT2D eigenvalue weighted by Gasteiger charge is -2.27. The van der Waals surface area contributed by atoms with Crippen molar-refractivity contribution >= 4 is 5.91 Å². The largest absolute Gasteiger partial charge is 0.342 e. The zero-order valence-corrected chi connectivity index (χ0v) is 9.86. The fourth-order valence-corrected chi connectivity index (χ4v) is 1.46. The number of hydrogen-bond donors (Lipinski definition) is 1. The van der Waals surface area contributed by atoms with Crippen molar-refractivity contribution in [2.75, 3.05) is 13.6 Å². The Labute approximate surface area is 92.0 Å². The fourth-order valence-electron chi connectivity index (χ4n) is 1.46. The van der Waals surface area contributed by atoms with Gasteiger partial charge in [0.05, 0.1) is 18.4 Å². The van der Waals surface area contributed by atoms with Crippen LogP contribution < -0.4 is 5.73 Å². The Bertz CT molecular complexity index is 234. The van der Waals surface area contributed by atoms with Crippen molar-refractivity contribution in [2.45, 2.75) is 39.2 Å². The van der Waals surface area contributed by atoms with Crippen LogP contribution in [0.1, 0.15) is 33.1 Å². The topological polar surface area (TPSA) is 70.1 Å². The van der Waals surface area contributed by atoms with Gasteiger partial charge in [-0.05, 0) is 13.3 Å². The molecule has 0 saturated heterocycles.